The van der Waals surface area contributed by atoms with Gasteiger partial charge in [-0.15, -0.1) is 0 Å². The van der Waals surface area contributed by atoms with Crippen LogP contribution in [0.3, 0.4) is 0 Å². The zero-order chi connectivity index (χ0) is 15.3. The van der Waals surface area contributed by atoms with Gasteiger partial charge in [-0.25, -0.2) is 0 Å². The van der Waals surface area contributed by atoms with Crippen molar-refractivity contribution in [3.63, 3.8) is 0 Å². The molecule has 0 spiro atoms. The summed E-state index contributed by atoms with van der Waals surface area (Å²) in [5.74, 6) is -0.333. The summed E-state index contributed by atoms with van der Waals surface area (Å²) in [5, 5.41) is 5.85. The Labute approximate surface area is 133 Å². The number of rotatable bonds is 2. The van der Waals surface area contributed by atoms with Gasteiger partial charge in [-0.3, -0.25) is 9.59 Å². The van der Waals surface area contributed by atoms with Gasteiger partial charge in [-0.05, 0) is 42.4 Å². The molecular weight excluding hydrogens is 300 g/mol. The van der Waals surface area contributed by atoms with Crippen LogP contribution < -0.4 is 0 Å². The van der Waals surface area contributed by atoms with Gasteiger partial charge in [0.1, 0.15) is 0 Å². The smallest absolute Gasteiger partial charge is 0.254 e. The molecule has 1 aliphatic heterocycles. The lowest BCUT2D eigenvalue weighted by atomic mass is 9.63. The van der Waals surface area contributed by atoms with Crippen molar-refractivity contribution in [2.24, 2.45) is 28.8 Å². The molecule has 1 heterocycles. The Morgan fingerprint density at radius 2 is 1.55 bits per heavy atom. The molecule has 3 aliphatic carbocycles. The number of benzene rings is 1. The van der Waals surface area contributed by atoms with Gasteiger partial charge >= 0.3 is 0 Å². The summed E-state index contributed by atoms with van der Waals surface area (Å²) in [6.07, 6.45) is 7.74. The molecule has 0 N–H and O–H groups in total. The molecule has 1 aromatic rings. The number of allylic oxidation sites excluding steroid dienone is 2. The van der Waals surface area contributed by atoms with Gasteiger partial charge in [0.15, 0.2) is 0 Å². The standard InChI is InChI=1S/C17H15ClN2O2/c18-13-7-1-10(2-8-13)9-19-20-16(21)14-11-3-4-12(6-5-11)15(14)17(20)22/h1-4,7-9,11-12,14-15H,5-6H2/b19-9-/t11-,12-,14-,15-/m1/s1. The first-order chi connectivity index (χ1) is 10.6. The zero-order valence-electron chi connectivity index (χ0n) is 11.9. The topological polar surface area (TPSA) is 49.7 Å². The number of nitrogens with zero attached hydrogens (tertiary/aromatic N) is 2. The molecule has 4 aliphatic rings. The largest absolute Gasteiger partial charge is 0.272 e. The Morgan fingerprint density at radius 1 is 1.00 bits per heavy atom. The first-order valence-corrected chi connectivity index (χ1v) is 7.88. The number of hydrogen-bond donors (Lipinski definition) is 0. The quantitative estimate of drug-likeness (QED) is 0.479. The van der Waals surface area contributed by atoms with E-state index in [-0.39, 0.29) is 35.5 Å². The fraction of sp³-hybridized carbons (Fsp3) is 0.353. The second-order valence-corrected chi connectivity index (χ2v) is 6.56. The van der Waals surface area contributed by atoms with Crippen LogP contribution in [0.2, 0.25) is 5.02 Å². The van der Waals surface area contributed by atoms with Crippen LogP contribution in [0.15, 0.2) is 41.5 Å². The van der Waals surface area contributed by atoms with Crippen LogP contribution in [0, 0.1) is 23.7 Å². The Hall–Kier alpha value is -1.94. The molecule has 1 aromatic carbocycles. The maximum Gasteiger partial charge on any atom is 0.254 e. The molecule has 1 saturated heterocycles. The summed E-state index contributed by atoms with van der Waals surface area (Å²) in [7, 11) is 0. The molecule has 22 heavy (non-hydrogen) atoms. The molecule has 5 rings (SSSR count). The molecule has 5 heteroatoms. The third kappa shape index (κ3) is 2.02. The van der Waals surface area contributed by atoms with Gasteiger partial charge in [0.05, 0.1) is 18.1 Å². The average Bonchev–Trinajstić information content (AvgIpc) is 2.82. The molecule has 2 fully saturated rings. The minimum atomic E-state index is -0.210. The third-order valence-electron chi connectivity index (χ3n) is 4.93. The van der Waals surface area contributed by atoms with Crippen molar-refractivity contribution in [3.8, 4) is 0 Å². The maximum absolute atomic E-state index is 12.6. The van der Waals surface area contributed by atoms with Crippen molar-refractivity contribution in [2.45, 2.75) is 12.8 Å². The predicted molar refractivity (Wildman–Crippen MR) is 83.2 cm³/mol. The highest BCUT2D eigenvalue weighted by molar-refractivity contribution is 6.30. The van der Waals surface area contributed by atoms with Crippen molar-refractivity contribution in [1.29, 1.82) is 0 Å². The van der Waals surface area contributed by atoms with Crippen LogP contribution in [0.1, 0.15) is 18.4 Å². The van der Waals surface area contributed by atoms with Crippen LogP contribution in [0.5, 0.6) is 0 Å². The van der Waals surface area contributed by atoms with E-state index in [9.17, 15) is 9.59 Å². The predicted octanol–water partition coefficient (Wildman–Crippen LogP) is 2.87. The zero-order valence-corrected chi connectivity index (χ0v) is 12.6. The van der Waals surface area contributed by atoms with Gasteiger partial charge in [-0.2, -0.15) is 10.1 Å². The van der Waals surface area contributed by atoms with E-state index >= 15 is 0 Å². The van der Waals surface area contributed by atoms with Crippen LogP contribution in [-0.4, -0.2) is 23.0 Å². The van der Waals surface area contributed by atoms with Crippen molar-refractivity contribution in [2.75, 3.05) is 0 Å². The van der Waals surface area contributed by atoms with Gasteiger partial charge < -0.3 is 0 Å². The van der Waals surface area contributed by atoms with Gasteiger partial charge in [0.25, 0.3) is 11.8 Å². The van der Waals surface area contributed by atoms with Crippen LogP contribution in [-0.2, 0) is 9.59 Å². The molecule has 4 atom stereocenters. The number of halogens is 1. The van der Waals surface area contributed by atoms with E-state index in [1.807, 2.05) is 0 Å². The fourth-order valence-corrected chi connectivity index (χ4v) is 3.97. The Morgan fingerprint density at radius 3 is 2.05 bits per heavy atom. The van der Waals surface area contributed by atoms with E-state index in [4.69, 9.17) is 11.6 Å². The van der Waals surface area contributed by atoms with E-state index in [2.05, 4.69) is 17.3 Å². The molecule has 0 aromatic heterocycles. The van der Waals surface area contributed by atoms with E-state index < -0.39 is 0 Å². The summed E-state index contributed by atoms with van der Waals surface area (Å²) in [5.41, 5.74) is 0.806. The molecule has 0 radical (unpaired) electrons. The minimum Gasteiger partial charge on any atom is -0.272 e. The second-order valence-electron chi connectivity index (χ2n) is 6.13. The maximum atomic E-state index is 12.6. The summed E-state index contributed by atoms with van der Waals surface area (Å²) < 4.78 is 0. The fourth-order valence-electron chi connectivity index (χ4n) is 3.85. The lowest BCUT2D eigenvalue weighted by Gasteiger charge is -2.37. The first kappa shape index (κ1) is 13.7. The highest BCUT2D eigenvalue weighted by Gasteiger charge is 2.56. The lowest BCUT2D eigenvalue weighted by molar-refractivity contribution is -0.140. The van der Waals surface area contributed by atoms with Crippen molar-refractivity contribution in [1.82, 2.24) is 5.01 Å². The van der Waals surface area contributed by atoms with Gasteiger partial charge in [-0.1, -0.05) is 35.9 Å². The van der Waals surface area contributed by atoms with E-state index in [1.54, 1.807) is 30.5 Å². The molecule has 4 nitrogen and oxygen atoms in total. The number of carbonyl (C=O) groups is 2. The number of hydrogen-bond acceptors (Lipinski definition) is 3. The Kier molecular flexibility index (Phi) is 3.15. The highest BCUT2D eigenvalue weighted by Crippen LogP contribution is 2.49. The van der Waals surface area contributed by atoms with Crippen LogP contribution >= 0.6 is 11.6 Å². The van der Waals surface area contributed by atoms with E-state index in [0.29, 0.717) is 5.02 Å². The second kappa shape index (κ2) is 5.06. The minimum absolute atomic E-state index is 0.153. The molecule has 0 unspecified atom stereocenters. The molecule has 2 bridgehead atoms. The number of fused-ring (bicyclic) bond motifs is 1. The summed E-state index contributed by atoms with van der Waals surface area (Å²) in [4.78, 5) is 25.1. The van der Waals surface area contributed by atoms with Gasteiger partial charge in [0, 0.05) is 5.02 Å². The number of hydrazone groups is 1. The van der Waals surface area contributed by atoms with Crippen LogP contribution in [0.25, 0.3) is 0 Å². The van der Waals surface area contributed by atoms with Crippen LogP contribution in [0.4, 0.5) is 0 Å². The Balaban J connectivity index is 1.60. The average molecular weight is 315 g/mol. The normalized spacial score (nSPS) is 33.0. The van der Waals surface area contributed by atoms with E-state index in [0.717, 1.165) is 23.4 Å². The summed E-state index contributed by atoms with van der Waals surface area (Å²) >= 11 is 5.84. The first-order valence-electron chi connectivity index (χ1n) is 7.51. The van der Waals surface area contributed by atoms with E-state index in [1.165, 1.54) is 0 Å². The highest BCUT2D eigenvalue weighted by atomic mass is 35.5. The molecule has 112 valence electrons. The number of amides is 2. The third-order valence-corrected chi connectivity index (χ3v) is 5.18. The summed E-state index contributed by atoms with van der Waals surface area (Å²) in [6, 6.07) is 7.10. The number of imide groups is 1. The number of carbonyl (C=O) groups excluding carboxylic acids is 2. The van der Waals surface area contributed by atoms with Crippen molar-refractivity contribution >= 4 is 29.6 Å². The van der Waals surface area contributed by atoms with Gasteiger partial charge in [0.2, 0.25) is 0 Å². The van der Waals surface area contributed by atoms with Crippen molar-refractivity contribution < 1.29 is 9.59 Å². The lowest BCUT2D eigenvalue weighted by Crippen LogP contribution is -2.38. The SMILES string of the molecule is O=C1[C@H]2[C@H](C(=O)N1/N=C\c1ccc(Cl)cc1)[C@@H]1C=C[C@@H]2CC1. The molecule has 1 saturated carbocycles. The Bertz CT molecular complexity index is 663. The summed E-state index contributed by atoms with van der Waals surface area (Å²) in [6.45, 7) is 0. The molecular formula is C17H15ClN2O2. The van der Waals surface area contributed by atoms with Crippen molar-refractivity contribution in [3.05, 3.63) is 47.0 Å². The monoisotopic (exact) mass is 314 g/mol. The molecule has 2 amide bonds.